The van der Waals surface area contributed by atoms with Crippen LogP contribution in [0.5, 0.6) is 0 Å². The van der Waals surface area contributed by atoms with E-state index in [1.165, 1.54) is 11.8 Å². The van der Waals surface area contributed by atoms with Gasteiger partial charge in [0.2, 0.25) is 23.6 Å². The zero-order valence-electron chi connectivity index (χ0n) is 18.7. The fraction of sp³-hybridized carbons (Fsp3) is 0.737. The number of amides is 4. The third kappa shape index (κ3) is 13.0. The van der Waals surface area contributed by atoms with Crippen molar-refractivity contribution < 1.29 is 34.2 Å². The number of hydrogen-bond donors (Lipinski definition) is 8. The van der Waals surface area contributed by atoms with Crippen molar-refractivity contribution in [1.29, 1.82) is 0 Å². The molecule has 4 amide bonds. The lowest BCUT2D eigenvalue weighted by Crippen LogP contribution is -2.58. The molecule has 0 aliphatic carbocycles. The zero-order valence-corrected chi connectivity index (χ0v) is 19.6. The Morgan fingerprint density at radius 1 is 0.879 bits per heavy atom. The predicted molar refractivity (Wildman–Crippen MR) is 123 cm³/mol. The van der Waals surface area contributed by atoms with Crippen LogP contribution in [-0.2, 0) is 24.0 Å². The minimum Gasteiger partial charge on any atom is -0.480 e. The van der Waals surface area contributed by atoms with Crippen molar-refractivity contribution >= 4 is 41.4 Å². The van der Waals surface area contributed by atoms with E-state index in [-0.39, 0.29) is 19.3 Å². The monoisotopic (exact) mass is 492 g/mol. The average Bonchev–Trinajstić information content (AvgIpc) is 2.76. The van der Waals surface area contributed by atoms with Crippen LogP contribution in [0.2, 0.25) is 0 Å². The SMILES string of the molecule is CSCCC(N)C(=O)NC(CO)C(=O)NC(CCC(N)=O)C(=O)NC(CCCCN)C(=O)O. The summed E-state index contributed by atoms with van der Waals surface area (Å²) in [5.41, 5.74) is 16.3. The lowest BCUT2D eigenvalue weighted by molar-refractivity contribution is -0.142. The number of unbranched alkanes of at least 4 members (excludes halogenated alkanes) is 1. The summed E-state index contributed by atoms with van der Waals surface area (Å²) in [7, 11) is 0. The molecule has 4 atom stereocenters. The Labute approximate surface area is 196 Å². The first-order valence-corrected chi connectivity index (χ1v) is 11.9. The summed E-state index contributed by atoms with van der Waals surface area (Å²) in [4.78, 5) is 60.0. The first-order valence-electron chi connectivity index (χ1n) is 10.5. The summed E-state index contributed by atoms with van der Waals surface area (Å²) >= 11 is 1.49. The number of aliphatic hydroxyl groups excluding tert-OH is 1. The van der Waals surface area contributed by atoms with Gasteiger partial charge in [0.05, 0.1) is 12.6 Å². The molecule has 33 heavy (non-hydrogen) atoms. The summed E-state index contributed by atoms with van der Waals surface area (Å²) in [5.74, 6) is -3.77. The van der Waals surface area contributed by atoms with E-state index in [9.17, 15) is 34.2 Å². The molecule has 13 nitrogen and oxygen atoms in total. The topological polar surface area (TPSA) is 240 Å². The molecule has 0 radical (unpaired) electrons. The number of carbonyl (C=O) groups excluding carboxylic acids is 4. The van der Waals surface area contributed by atoms with Crippen LogP contribution in [-0.4, -0.2) is 89.1 Å². The minimum absolute atomic E-state index is 0.123. The Morgan fingerprint density at radius 2 is 1.45 bits per heavy atom. The first kappa shape index (κ1) is 30.6. The van der Waals surface area contributed by atoms with Crippen LogP contribution in [0.25, 0.3) is 0 Å². The van der Waals surface area contributed by atoms with Crippen LogP contribution in [0.15, 0.2) is 0 Å². The fourth-order valence-electron chi connectivity index (χ4n) is 2.70. The van der Waals surface area contributed by atoms with E-state index in [1.807, 2.05) is 6.26 Å². The van der Waals surface area contributed by atoms with E-state index in [1.54, 1.807) is 0 Å². The Balaban J connectivity index is 5.25. The Kier molecular flexibility index (Phi) is 15.9. The first-order chi connectivity index (χ1) is 15.6. The fourth-order valence-corrected chi connectivity index (χ4v) is 3.19. The summed E-state index contributed by atoms with van der Waals surface area (Å²) < 4.78 is 0. The number of carboxylic acid groups (broad SMARTS) is 1. The summed E-state index contributed by atoms with van der Waals surface area (Å²) in [6, 6.07) is -4.84. The van der Waals surface area contributed by atoms with Crippen molar-refractivity contribution in [3.05, 3.63) is 0 Å². The molecule has 0 rings (SSSR count). The number of thioether (sulfide) groups is 1. The standard InChI is InChI=1S/C19H36N6O7S/c1-33-9-7-11(21)16(28)25-14(10-26)18(30)23-12(5-6-15(22)27)17(29)24-13(19(31)32)4-2-3-8-20/h11-14,26H,2-10,20-21H2,1H3,(H2,22,27)(H,23,30)(H,24,29)(H,25,28)(H,31,32). The molecule has 0 aromatic rings. The third-order valence-corrected chi connectivity index (χ3v) is 5.30. The quantitative estimate of drug-likeness (QED) is 0.0901. The highest BCUT2D eigenvalue weighted by Crippen LogP contribution is 2.05. The van der Waals surface area contributed by atoms with Crippen LogP contribution in [0.1, 0.15) is 38.5 Å². The third-order valence-electron chi connectivity index (χ3n) is 4.66. The van der Waals surface area contributed by atoms with Gasteiger partial charge in [-0.2, -0.15) is 11.8 Å². The number of carbonyl (C=O) groups is 5. The summed E-state index contributed by atoms with van der Waals surface area (Å²) in [6.07, 6.45) is 2.88. The number of aliphatic carboxylic acids is 1. The second-order valence-corrected chi connectivity index (χ2v) is 8.37. The number of primary amides is 1. The van der Waals surface area contributed by atoms with Gasteiger partial charge in [0.1, 0.15) is 18.1 Å². The maximum Gasteiger partial charge on any atom is 0.326 e. The highest BCUT2D eigenvalue weighted by atomic mass is 32.2. The van der Waals surface area contributed by atoms with Gasteiger partial charge in [0.15, 0.2) is 0 Å². The molecular weight excluding hydrogens is 456 g/mol. The Morgan fingerprint density at radius 3 is 1.97 bits per heavy atom. The van der Waals surface area contributed by atoms with Crippen LogP contribution >= 0.6 is 11.8 Å². The van der Waals surface area contributed by atoms with Gasteiger partial charge in [-0.15, -0.1) is 0 Å². The van der Waals surface area contributed by atoms with Crippen molar-refractivity contribution in [3.8, 4) is 0 Å². The Hall–Kier alpha value is -2.42. The van der Waals surface area contributed by atoms with Gasteiger partial charge < -0.3 is 43.4 Å². The molecule has 0 aromatic heterocycles. The van der Waals surface area contributed by atoms with Gasteiger partial charge in [-0.05, 0) is 50.7 Å². The molecule has 0 aliphatic rings. The number of carboxylic acids is 1. The van der Waals surface area contributed by atoms with Crippen LogP contribution in [0.4, 0.5) is 0 Å². The van der Waals surface area contributed by atoms with E-state index in [0.717, 1.165) is 0 Å². The number of hydrogen-bond acceptors (Lipinski definition) is 9. The zero-order chi connectivity index (χ0) is 25.4. The van der Waals surface area contributed by atoms with Crippen molar-refractivity contribution in [2.24, 2.45) is 17.2 Å². The normalized spacial score (nSPS) is 14.4. The maximum atomic E-state index is 12.7. The lowest BCUT2D eigenvalue weighted by Gasteiger charge is -2.24. The maximum absolute atomic E-state index is 12.7. The van der Waals surface area contributed by atoms with E-state index < -0.39 is 60.4 Å². The number of nitrogens with two attached hydrogens (primary N) is 3. The van der Waals surface area contributed by atoms with E-state index in [0.29, 0.717) is 31.6 Å². The van der Waals surface area contributed by atoms with Gasteiger partial charge in [0, 0.05) is 6.42 Å². The second kappa shape index (κ2) is 17.1. The van der Waals surface area contributed by atoms with Gasteiger partial charge in [-0.1, -0.05) is 0 Å². The largest absolute Gasteiger partial charge is 0.480 e. The second-order valence-electron chi connectivity index (χ2n) is 7.38. The van der Waals surface area contributed by atoms with Crippen molar-refractivity contribution in [2.75, 3.05) is 25.2 Å². The van der Waals surface area contributed by atoms with Crippen molar-refractivity contribution in [3.63, 3.8) is 0 Å². The number of aliphatic hydroxyl groups is 1. The smallest absolute Gasteiger partial charge is 0.326 e. The van der Waals surface area contributed by atoms with Gasteiger partial charge in [-0.25, -0.2) is 4.79 Å². The van der Waals surface area contributed by atoms with E-state index >= 15 is 0 Å². The number of rotatable bonds is 18. The van der Waals surface area contributed by atoms with E-state index in [4.69, 9.17) is 17.2 Å². The summed E-state index contributed by atoms with van der Waals surface area (Å²) in [6.45, 7) is -0.402. The molecule has 11 N–H and O–H groups in total. The molecule has 4 unspecified atom stereocenters. The molecule has 0 bridgehead atoms. The molecular formula is C19H36N6O7S. The Bertz CT molecular complexity index is 667. The molecule has 14 heteroatoms. The summed E-state index contributed by atoms with van der Waals surface area (Å²) in [5, 5.41) is 25.8. The lowest BCUT2D eigenvalue weighted by atomic mass is 10.1. The van der Waals surface area contributed by atoms with Crippen LogP contribution < -0.4 is 33.2 Å². The molecule has 0 saturated carbocycles. The highest BCUT2D eigenvalue weighted by Gasteiger charge is 2.30. The molecule has 0 heterocycles. The molecule has 0 saturated heterocycles. The highest BCUT2D eigenvalue weighted by molar-refractivity contribution is 7.98. The molecule has 0 spiro atoms. The van der Waals surface area contributed by atoms with E-state index in [2.05, 4.69) is 16.0 Å². The van der Waals surface area contributed by atoms with Gasteiger partial charge >= 0.3 is 5.97 Å². The van der Waals surface area contributed by atoms with Gasteiger partial charge in [0.25, 0.3) is 0 Å². The minimum atomic E-state index is -1.40. The predicted octanol–water partition coefficient (Wildman–Crippen LogP) is -3.01. The van der Waals surface area contributed by atoms with Crippen LogP contribution in [0, 0.1) is 0 Å². The van der Waals surface area contributed by atoms with Crippen molar-refractivity contribution in [1.82, 2.24) is 16.0 Å². The number of nitrogens with one attached hydrogen (secondary N) is 3. The molecule has 190 valence electrons. The van der Waals surface area contributed by atoms with Crippen LogP contribution in [0.3, 0.4) is 0 Å². The van der Waals surface area contributed by atoms with Gasteiger partial charge in [-0.3, -0.25) is 19.2 Å². The average molecular weight is 493 g/mol. The molecule has 0 aromatic carbocycles. The molecule has 0 aliphatic heterocycles. The van der Waals surface area contributed by atoms with Crippen molar-refractivity contribution in [2.45, 2.75) is 62.7 Å². The molecule has 0 fully saturated rings.